The van der Waals surface area contributed by atoms with E-state index in [1.165, 1.54) is 0 Å². The van der Waals surface area contributed by atoms with Crippen molar-refractivity contribution in [3.63, 3.8) is 0 Å². The normalized spacial score (nSPS) is 12.3. The number of aryl methyl sites for hydroxylation is 1. The van der Waals surface area contributed by atoms with Gasteiger partial charge in [-0.1, -0.05) is 43.7 Å². The molecule has 0 aliphatic carbocycles. The Kier molecular flexibility index (Phi) is 5.31. The van der Waals surface area contributed by atoms with Crippen LogP contribution in [0, 0.1) is 6.92 Å². The molecule has 0 aliphatic rings. The van der Waals surface area contributed by atoms with Crippen LogP contribution in [0.2, 0.25) is 0 Å². The molecule has 0 N–H and O–H groups in total. The summed E-state index contributed by atoms with van der Waals surface area (Å²) in [5.41, 5.74) is 1.35. The minimum absolute atomic E-state index is 0.264. The maximum Gasteiger partial charge on any atom is 0.316 e. The molecule has 0 atom stereocenters. The van der Waals surface area contributed by atoms with Gasteiger partial charge in [0.15, 0.2) is 0 Å². The highest BCUT2D eigenvalue weighted by Gasteiger charge is 2.36. The zero-order valence-corrected chi connectivity index (χ0v) is 16.3. The first-order chi connectivity index (χ1) is 11.5. The molecule has 2 rings (SSSR count). The summed E-state index contributed by atoms with van der Waals surface area (Å²) in [7, 11) is 0. The molecule has 4 heteroatoms. The Labute approximate surface area is 150 Å². The Bertz CT molecular complexity index is 729. The molecule has 0 radical (unpaired) electrons. The van der Waals surface area contributed by atoms with Crippen LogP contribution in [-0.4, -0.2) is 15.9 Å². The highest BCUT2D eigenvalue weighted by atomic mass is 16.6. The number of carbonyl (C=O) groups is 1. The fourth-order valence-electron chi connectivity index (χ4n) is 2.45. The lowest BCUT2D eigenvalue weighted by molar-refractivity contribution is -0.163. The Morgan fingerprint density at radius 3 is 1.96 bits per heavy atom. The van der Waals surface area contributed by atoms with Crippen molar-refractivity contribution >= 4 is 5.97 Å². The quantitative estimate of drug-likeness (QED) is 0.743. The van der Waals surface area contributed by atoms with E-state index in [-0.39, 0.29) is 11.9 Å². The molecule has 25 heavy (non-hydrogen) atoms. The zero-order valence-electron chi connectivity index (χ0n) is 16.3. The number of benzene rings is 1. The number of aromatic nitrogens is 2. The van der Waals surface area contributed by atoms with Gasteiger partial charge in [0.1, 0.15) is 11.4 Å². The van der Waals surface area contributed by atoms with Crippen LogP contribution in [0.15, 0.2) is 36.7 Å². The van der Waals surface area contributed by atoms with Crippen LogP contribution in [0.4, 0.5) is 0 Å². The SMILES string of the molecule is Cc1ccc(C(C)(C)C(=O)OC(C)(C)c2cnc(C(C)C)nc2)cc1. The maximum absolute atomic E-state index is 12.9. The van der Waals surface area contributed by atoms with E-state index in [1.54, 1.807) is 12.4 Å². The van der Waals surface area contributed by atoms with E-state index in [2.05, 4.69) is 9.97 Å². The number of carbonyl (C=O) groups excluding carboxylic acids is 1. The topological polar surface area (TPSA) is 52.1 Å². The number of rotatable bonds is 5. The molecular formula is C21H28N2O2. The number of hydrogen-bond acceptors (Lipinski definition) is 4. The molecule has 0 spiro atoms. The summed E-state index contributed by atoms with van der Waals surface area (Å²) in [5, 5.41) is 0. The predicted octanol–water partition coefficient (Wildman–Crippen LogP) is 4.66. The van der Waals surface area contributed by atoms with Gasteiger partial charge in [0.25, 0.3) is 0 Å². The van der Waals surface area contributed by atoms with Gasteiger partial charge in [0.05, 0.1) is 5.41 Å². The van der Waals surface area contributed by atoms with Gasteiger partial charge in [-0.2, -0.15) is 0 Å². The fraction of sp³-hybridized carbons (Fsp3) is 0.476. The number of esters is 1. The molecule has 0 saturated carbocycles. The molecule has 0 amide bonds. The van der Waals surface area contributed by atoms with Crippen LogP contribution in [-0.2, 0) is 20.5 Å². The minimum atomic E-state index is -0.797. The highest BCUT2D eigenvalue weighted by Crippen LogP contribution is 2.31. The molecule has 2 aromatic rings. The third-order valence-electron chi connectivity index (χ3n) is 4.51. The van der Waals surface area contributed by atoms with Crippen LogP contribution in [0.3, 0.4) is 0 Å². The predicted molar refractivity (Wildman–Crippen MR) is 99.4 cm³/mol. The second-order valence-corrected chi connectivity index (χ2v) is 7.88. The average Bonchev–Trinajstić information content (AvgIpc) is 2.55. The zero-order chi connectivity index (χ0) is 18.8. The van der Waals surface area contributed by atoms with Gasteiger partial charge in [0.2, 0.25) is 0 Å². The van der Waals surface area contributed by atoms with Crippen LogP contribution in [0.1, 0.15) is 70.0 Å². The summed E-state index contributed by atoms with van der Waals surface area (Å²) >= 11 is 0. The van der Waals surface area contributed by atoms with Crippen molar-refractivity contribution in [2.75, 3.05) is 0 Å². The molecule has 0 saturated heterocycles. The fourth-order valence-corrected chi connectivity index (χ4v) is 2.45. The van der Waals surface area contributed by atoms with E-state index in [0.717, 1.165) is 22.5 Å². The Hall–Kier alpha value is -2.23. The largest absolute Gasteiger partial charge is 0.454 e. The molecule has 0 fully saturated rings. The van der Waals surface area contributed by atoms with Crippen molar-refractivity contribution in [1.82, 2.24) is 9.97 Å². The van der Waals surface area contributed by atoms with E-state index in [1.807, 2.05) is 72.7 Å². The van der Waals surface area contributed by atoms with E-state index >= 15 is 0 Å². The third kappa shape index (κ3) is 4.25. The first kappa shape index (κ1) is 19.1. The monoisotopic (exact) mass is 340 g/mol. The lowest BCUT2D eigenvalue weighted by Gasteiger charge is -2.31. The Balaban J connectivity index is 2.20. The van der Waals surface area contributed by atoms with Gasteiger partial charge in [-0.25, -0.2) is 9.97 Å². The van der Waals surface area contributed by atoms with Gasteiger partial charge >= 0.3 is 5.97 Å². The molecule has 134 valence electrons. The van der Waals surface area contributed by atoms with Crippen molar-refractivity contribution in [2.45, 2.75) is 65.4 Å². The highest BCUT2D eigenvalue weighted by molar-refractivity contribution is 5.82. The Morgan fingerprint density at radius 1 is 0.960 bits per heavy atom. The van der Waals surface area contributed by atoms with Gasteiger partial charge in [-0.3, -0.25) is 4.79 Å². The summed E-state index contributed by atoms with van der Waals surface area (Å²) in [6.07, 6.45) is 3.49. The van der Waals surface area contributed by atoms with Crippen LogP contribution >= 0.6 is 0 Å². The lowest BCUT2D eigenvalue weighted by Crippen LogP contribution is -2.37. The molecule has 1 aromatic carbocycles. The first-order valence-electron chi connectivity index (χ1n) is 8.67. The van der Waals surface area contributed by atoms with E-state index in [0.29, 0.717) is 0 Å². The van der Waals surface area contributed by atoms with Crippen LogP contribution in [0.25, 0.3) is 0 Å². The third-order valence-corrected chi connectivity index (χ3v) is 4.51. The van der Waals surface area contributed by atoms with Crippen molar-refractivity contribution in [3.8, 4) is 0 Å². The van der Waals surface area contributed by atoms with Gasteiger partial charge in [0, 0.05) is 23.9 Å². The van der Waals surface area contributed by atoms with Crippen molar-refractivity contribution in [3.05, 3.63) is 59.2 Å². The molecule has 1 aromatic heterocycles. The standard InChI is InChI=1S/C21H28N2O2/c1-14(2)18-22-12-17(13-23-18)21(6,7)25-19(24)20(4,5)16-10-8-15(3)9-11-16/h8-14H,1-7H3. The number of nitrogens with zero attached hydrogens (tertiary/aromatic N) is 2. The second kappa shape index (κ2) is 6.95. The lowest BCUT2D eigenvalue weighted by atomic mass is 9.84. The van der Waals surface area contributed by atoms with Crippen molar-refractivity contribution < 1.29 is 9.53 Å². The second-order valence-electron chi connectivity index (χ2n) is 7.88. The summed E-state index contributed by atoms with van der Waals surface area (Å²) in [6, 6.07) is 7.97. The van der Waals surface area contributed by atoms with Gasteiger partial charge in [-0.15, -0.1) is 0 Å². The summed E-state index contributed by atoms with van der Waals surface area (Å²) < 4.78 is 5.85. The van der Waals surface area contributed by atoms with Crippen molar-refractivity contribution in [1.29, 1.82) is 0 Å². The summed E-state index contributed by atoms with van der Waals surface area (Å²) in [4.78, 5) is 21.6. The summed E-state index contributed by atoms with van der Waals surface area (Å²) in [5.74, 6) is 0.778. The van der Waals surface area contributed by atoms with Crippen LogP contribution < -0.4 is 0 Å². The van der Waals surface area contributed by atoms with Gasteiger partial charge in [-0.05, 0) is 40.2 Å². The first-order valence-corrected chi connectivity index (χ1v) is 8.67. The van der Waals surface area contributed by atoms with E-state index in [9.17, 15) is 4.79 Å². The molecule has 0 aliphatic heterocycles. The Morgan fingerprint density at radius 2 is 1.48 bits per heavy atom. The molecule has 0 unspecified atom stereocenters. The molecular weight excluding hydrogens is 312 g/mol. The van der Waals surface area contributed by atoms with E-state index < -0.39 is 11.0 Å². The smallest absolute Gasteiger partial charge is 0.316 e. The molecule has 4 nitrogen and oxygen atoms in total. The molecule has 0 bridgehead atoms. The molecule has 1 heterocycles. The minimum Gasteiger partial charge on any atom is -0.454 e. The average molecular weight is 340 g/mol. The number of ether oxygens (including phenoxy) is 1. The van der Waals surface area contributed by atoms with Gasteiger partial charge < -0.3 is 4.74 Å². The summed E-state index contributed by atoms with van der Waals surface area (Å²) in [6.45, 7) is 13.6. The van der Waals surface area contributed by atoms with Crippen LogP contribution in [0.5, 0.6) is 0 Å². The maximum atomic E-state index is 12.9. The van der Waals surface area contributed by atoms with E-state index in [4.69, 9.17) is 4.74 Å². The van der Waals surface area contributed by atoms with Crippen molar-refractivity contribution in [2.24, 2.45) is 0 Å². The number of hydrogen-bond donors (Lipinski definition) is 0.